The van der Waals surface area contributed by atoms with Crippen molar-refractivity contribution in [2.75, 3.05) is 9.80 Å². The maximum Gasteiger partial charge on any atom is 0.133 e. The van der Waals surface area contributed by atoms with Crippen LogP contribution in [0, 0.1) is 11.6 Å². The number of benzene rings is 12. The molecular weight excluding hydrogens is 987 g/mol. The van der Waals surface area contributed by atoms with E-state index in [4.69, 9.17) is 0 Å². The fourth-order valence-corrected chi connectivity index (χ4v) is 12.6. The summed E-state index contributed by atoms with van der Waals surface area (Å²) in [6.45, 7) is 0. The molecule has 378 valence electrons. The highest BCUT2D eigenvalue weighted by molar-refractivity contribution is 6.28. The SMILES string of the molecule is Fc1cc(N(c2cc3ccccc3n2-c2ccccc2)c2cc3ccccc3n2-c2ccccc2)c2ccc3c(F)cc(N(c4cc5ccccc5n4-c4ccccc4)c4cc5ccccc5n4-c4ccccc4)c4ccc1c2c34. The lowest BCUT2D eigenvalue weighted by molar-refractivity contribution is 0.639. The van der Waals surface area contributed by atoms with E-state index in [1.54, 1.807) is 12.1 Å². The smallest absolute Gasteiger partial charge is 0.133 e. The van der Waals surface area contributed by atoms with Crippen LogP contribution in [0.2, 0.25) is 0 Å². The quantitative estimate of drug-likeness (QED) is 0.128. The molecule has 0 saturated carbocycles. The standard InChI is InChI=1S/C72H46F2N6/c73-59-45-65(79(67-41-47-21-13-17-33-61(47)75(67)51-25-5-1-6-26-51)68-42-48-22-14-18-34-62(48)76(68)52-27-7-2-8-28-52)57-39-37-56-60(74)46-66(58-40-38-55(59)71(57)72(56)58)80(69-43-49-23-15-19-35-63(49)77(69)53-29-9-3-10-30-53)70-44-50-24-16-20-36-64(50)78(70)54-31-11-4-12-32-54/h1-46H. The van der Waals surface area contributed by atoms with Crippen molar-refractivity contribution in [1.29, 1.82) is 0 Å². The molecule has 0 unspecified atom stereocenters. The van der Waals surface area contributed by atoms with Crippen molar-refractivity contribution in [3.63, 3.8) is 0 Å². The molecule has 0 bridgehead atoms. The summed E-state index contributed by atoms with van der Waals surface area (Å²) in [6.07, 6.45) is 0. The molecule has 6 nitrogen and oxygen atoms in total. The Morgan fingerprint density at radius 3 is 0.750 bits per heavy atom. The lowest BCUT2D eigenvalue weighted by Crippen LogP contribution is -2.18. The highest BCUT2D eigenvalue weighted by Crippen LogP contribution is 2.52. The van der Waals surface area contributed by atoms with Gasteiger partial charge in [0.05, 0.1) is 33.4 Å². The molecule has 80 heavy (non-hydrogen) atoms. The van der Waals surface area contributed by atoms with Gasteiger partial charge >= 0.3 is 0 Å². The van der Waals surface area contributed by atoms with Crippen molar-refractivity contribution in [3.05, 3.63) is 291 Å². The van der Waals surface area contributed by atoms with E-state index in [-0.39, 0.29) is 0 Å². The van der Waals surface area contributed by atoms with Crippen molar-refractivity contribution in [2.45, 2.75) is 0 Å². The van der Waals surface area contributed by atoms with E-state index in [9.17, 15) is 0 Å². The van der Waals surface area contributed by atoms with Crippen molar-refractivity contribution in [2.24, 2.45) is 0 Å². The lowest BCUT2D eigenvalue weighted by Gasteiger charge is -2.31. The van der Waals surface area contributed by atoms with E-state index in [0.717, 1.165) is 100 Å². The third-order valence-electron chi connectivity index (χ3n) is 16.0. The molecule has 0 saturated heterocycles. The van der Waals surface area contributed by atoms with Gasteiger partial charge in [0, 0.05) is 76.6 Å². The minimum Gasteiger partial charge on any atom is -0.295 e. The minimum atomic E-state index is -0.423. The van der Waals surface area contributed by atoms with E-state index >= 15 is 8.78 Å². The summed E-state index contributed by atoms with van der Waals surface area (Å²) in [7, 11) is 0. The first-order valence-corrected chi connectivity index (χ1v) is 26.9. The monoisotopic (exact) mass is 1030 g/mol. The van der Waals surface area contributed by atoms with Crippen molar-refractivity contribution in [3.8, 4) is 22.7 Å². The van der Waals surface area contributed by atoms with Gasteiger partial charge < -0.3 is 0 Å². The van der Waals surface area contributed by atoms with E-state index < -0.39 is 11.6 Å². The van der Waals surface area contributed by atoms with Crippen LogP contribution >= 0.6 is 0 Å². The minimum absolute atomic E-state index is 0.397. The molecule has 0 aliphatic heterocycles. The Morgan fingerprint density at radius 1 is 0.237 bits per heavy atom. The van der Waals surface area contributed by atoms with E-state index in [1.165, 1.54) is 0 Å². The summed E-state index contributed by atoms with van der Waals surface area (Å²) in [5, 5.41) is 7.63. The van der Waals surface area contributed by atoms with Crippen LogP contribution in [0.5, 0.6) is 0 Å². The summed E-state index contributed by atoms with van der Waals surface area (Å²) < 4.78 is 45.4. The Balaban J connectivity index is 1.04. The maximum atomic E-state index is 18.2. The molecule has 0 spiro atoms. The van der Waals surface area contributed by atoms with Crippen LogP contribution in [0.25, 0.3) is 98.7 Å². The number of halogens is 2. The highest BCUT2D eigenvalue weighted by Gasteiger charge is 2.32. The Bertz CT molecular complexity index is 4480. The molecule has 0 fully saturated rings. The molecule has 0 amide bonds. The summed E-state index contributed by atoms with van der Waals surface area (Å²) in [5.41, 5.74) is 8.95. The number of para-hydroxylation sites is 8. The van der Waals surface area contributed by atoms with Gasteiger partial charge in [-0.2, -0.15) is 0 Å². The van der Waals surface area contributed by atoms with Gasteiger partial charge in [0.25, 0.3) is 0 Å². The van der Waals surface area contributed by atoms with E-state index in [1.807, 2.05) is 97.1 Å². The molecule has 8 heteroatoms. The molecular formula is C72H46F2N6. The second-order valence-corrected chi connectivity index (χ2v) is 20.4. The fourth-order valence-electron chi connectivity index (χ4n) is 12.6. The number of aromatic nitrogens is 4. The molecule has 4 heterocycles. The van der Waals surface area contributed by atoms with Crippen molar-refractivity contribution >= 4 is 111 Å². The van der Waals surface area contributed by atoms with Gasteiger partial charge in [0.15, 0.2) is 0 Å². The van der Waals surface area contributed by atoms with Gasteiger partial charge in [0.2, 0.25) is 0 Å². The summed E-state index contributed by atoms with van der Waals surface area (Å²) in [6, 6.07) is 94.6. The topological polar surface area (TPSA) is 26.2 Å². The van der Waals surface area contributed by atoms with Gasteiger partial charge in [0.1, 0.15) is 34.9 Å². The Kier molecular flexibility index (Phi) is 10.2. The highest BCUT2D eigenvalue weighted by atomic mass is 19.1. The zero-order valence-electron chi connectivity index (χ0n) is 43.0. The number of anilines is 6. The Labute approximate surface area is 458 Å². The number of rotatable bonds is 10. The molecule has 0 radical (unpaired) electrons. The van der Waals surface area contributed by atoms with Crippen LogP contribution in [-0.2, 0) is 0 Å². The first-order valence-electron chi connectivity index (χ1n) is 26.9. The largest absolute Gasteiger partial charge is 0.295 e. The second-order valence-electron chi connectivity index (χ2n) is 20.4. The van der Waals surface area contributed by atoms with E-state index in [2.05, 4.69) is 198 Å². The molecule has 0 N–H and O–H groups in total. The predicted molar refractivity (Wildman–Crippen MR) is 327 cm³/mol. The number of fused-ring (bicyclic) bond motifs is 4. The Hall–Kier alpha value is -10.7. The van der Waals surface area contributed by atoms with Crippen LogP contribution in [-0.4, -0.2) is 18.3 Å². The third kappa shape index (κ3) is 6.88. The molecule has 16 rings (SSSR count). The van der Waals surface area contributed by atoms with Gasteiger partial charge in [-0.1, -0.05) is 170 Å². The van der Waals surface area contributed by atoms with Crippen LogP contribution < -0.4 is 9.80 Å². The fraction of sp³-hybridized carbons (Fsp3) is 0. The normalized spacial score (nSPS) is 11.9. The van der Waals surface area contributed by atoms with E-state index in [0.29, 0.717) is 32.9 Å². The molecule has 0 aliphatic carbocycles. The van der Waals surface area contributed by atoms with Crippen molar-refractivity contribution < 1.29 is 8.78 Å². The molecule has 4 aromatic heterocycles. The lowest BCUT2D eigenvalue weighted by atomic mass is 9.91. The average Bonchev–Trinajstić information content (AvgIpc) is 4.41. The Morgan fingerprint density at radius 2 is 0.475 bits per heavy atom. The molecule has 0 atom stereocenters. The first-order chi connectivity index (χ1) is 39.6. The zero-order valence-corrected chi connectivity index (χ0v) is 43.0. The molecule has 0 aliphatic rings. The predicted octanol–water partition coefficient (Wildman–Crippen LogP) is 19.6. The van der Waals surface area contributed by atoms with Gasteiger partial charge in [-0.3, -0.25) is 28.1 Å². The number of nitrogens with zero attached hydrogens (tertiary/aromatic N) is 6. The maximum absolute atomic E-state index is 18.2. The zero-order chi connectivity index (χ0) is 53.0. The van der Waals surface area contributed by atoms with Gasteiger partial charge in [-0.25, -0.2) is 8.78 Å². The van der Waals surface area contributed by atoms with Crippen molar-refractivity contribution in [1.82, 2.24) is 18.3 Å². The third-order valence-corrected chi connectivity index (χ3v) is 16.0. The number of hydrogen-bond donors (Lipinski definition) is 0. The van der Waals surface area contributed by atoms with Crippen LogP contribution in [0.3, 0.4) is 0 Å². The van der Waals surface area contributed by atoms with Gasteiger partial charge in [-0.15, -0.1) is 0 Å². The van der Waals surface area contributed by atoms with Crippen LogP contribution in [0.4, 0.5) is 43.4 Å². The summed E-state index contributed by atoms with van der Waals surface area (Å²) in [5.74, 6) is 2.35. The summed E-state index contributed by atoms with van der Waals surface area (Å²) in [4.78, 5) is 4.41. The first kappa shape index (κ1) is 45.5. The number of hydrogen-bond acceptors (Lipinski definition) is 2. The second kappa shape index (κ2) is 17.9. The van der Waals surface area contributed by atoms with Crippen LogP contribution in [0.15, 0.2) is 279 Å². The average molecular weight is 1030 g/mol. The van der Waals surface area contributed by atoms with Crippen LogP contribution in [0.1, 0.15) is 0 Å². The van der Waals surface area contributed by atoms with Gasteiger partial charge in [-0.05, 0) is 109 Å². The summed E-state index contributed by atoms with van der Waals surface area (Å²) >= 11 is 0. The molecule has 16 aromatic rings. The molecule has 12 aromatic carbocycles.